The van der Waals surface area contributed by atoms with E-state index in [1.165, 1.54) is 32.8 Å². The first-order chi connectivity index (χ1) is 9.22. The quantitative estimate of drug-likeness (QED) is 0.649. The molecule has 1 aromatic carbocycles. The number of hydrazine groups is 1. The van der Waals surface area contributed by atoms with Gasteiger partial charge >= 0.3 is 0 Å². The van der Waals surface area contributed by atoms with Gasteiger partial charge in [-0.05, 0) is 54.7 Å². The minimum Gasteiger partial charge on any atom is -0.494 e. The molecular formula is C15H21FN2O. The van der Waals surface area contributed by atoms with Gasteiger partial charge < -0.3 is 4.74 Å². The zero-order chi connectivity index (χ0) is 13.4. The van der Waals surface area contributed by atoms with Crippen molar-refractivity contribution in [1.29, 1.82) is 0 Å². The molecule has 4 unspecified atom stereocenters. The number of benzene rings is 1. The maximum absolute atomic E-state index is 13.8. The summed E-state index contributed by atoms with van der Waals surface area (Å²) < 4.78 is 18.8. The molecule has 0 saturated heterocycles. The molecular weight excluding hydrogens is 243 g/mol. The summed E-state index contributed by atoms with van der Waals surface area (Å²) in [5.74, 6) is 7.84. The van der Waals surface area contributed by atoms with Gasteiger partial charge in [0.25, 0.3) is 0 Å². The molecule has 0 amide bonds. The highest BCUT2D eigenvalue weighted by atomic mass is 19.1. The maximum atomic E-state index is 13.8. The van der Waals surface area contributed by atoms with Gasteiger partial charge in [-0.15, -0.1) is 0 Å². The lowest BCUT2D eigenvalue weighted by molar-refractivity contribution is 0.251. The van der Waals surface area contributed by atoms with Crippen LogP contribution in [0, 0.1) is 23.6 Å². The second-order valence-corrected chi connectivity index (χ2v) is 5.88. The second kappa shape index (κ2) is 5.10. The fraction of sp³-hybridized carbons (Fsp3) is 0.600. The lowest BCUT2D eigenvalue weighted by Crippen LogP contribution is -2.35. The molecule has 19 heavy (non-hydrogen) atoms. The Kier molecular flexibility index (Phi) is 3.46. The first-order valence-corrected chi connectivity index (χ1v) is 7.02. The average Bonchev–Trinajstić information content (AvgIpc) is 3.02. The monoisotopic (exact) mass is 264 g/mol. The molecule has 0 aromatic heterocycles. The summed E-state index contributed by atoms with van der Waals surface area (Å²) in [5, 5.41) is 0. The van der Waals surface area contributed by atoms with Crippen LogP contribution in [0.4, 0.5) is 4.39 Å². The van der Waals surface area contributed by atoms with Crippen LogP contribution < -0.4 is 16.0 Å². The number of hydrogen-bond acceptors (Lipinski definition) is 3. The summed E-state index contributed by atoms with van der Waals surface area (Å²) in [6.07, 6.45) is 5.19. The van der Waals surface area contributed by atoms with Crippen molar-refractivity contribution in [2.24, 2.45) is 23.6 Å². The van der Waals surface area contributed by atoms with E-state index in [2.05, 4.69) is 5.43 Å². The standard InChI is InChI=1S/C15H21FN2O/c1-19-14-5-4-11(8-13(14)16)15(18-17)12-7-9-2-3-10(12)6-9/h4-5,8-10,12,15,18H,2-3,6-7,17H2,1H3. The lowest BCUT2D eigenvalue weighted by Gasteiger charge is -2.30. The van der Waals surface area contributed by atoms with E-state index in [4.69, 9.17) is 10.6 Å². The Morgan fingerprint density at radius 2 is 2.21 bits per heavy atom. The van der Waals surface area contributed by atoms with Crippen LogP contribution >= 0.6 is 0 Å². The van der Waals surface area contributed by atoms with Crippen molar-refractivity contribution in [3.05, 3.63) is 29.6 Å². The number of rotatable bonds is 4. The van der Waals surface area contributed by atoms with Crippen LogP contribution in [0.2, 0.25) is 0 Å². The van der Waals surface area contributed by atoms with E-state index >= 15 is 0 Å². The largest absolute Gasteiger partial charge is 0.494 e. The highest BCUT2D eigenvalue weighted by Gasteiger charge is 2.43. The van der Waals surface area contributed by atoms with Crippen LogP contribution in [-0.2, 0) is 0 Å². The van der Waals surface area contributed by atoms with Gasteiger partial charge in [-0.2, -0.15) is 0 Å². The van der Waals surface area contributed by atoms with Crippen LogP contribution in [0.3, 0.4) is 0 Å². The van der Waals surface area contributed by atoms with Gasteiger partial charge in [-0.1, -0.05) is 12.5 Å². The Bertz CT molecular complexity index is 465. The van der Waals surface area contributed by atoms with Crippen molar-refractivity contribution in [3.8, 4) is 5.75 Å². The van der Waals surface area contributed by atoms with Crippen molar-refractivity contribution < 1.29 is 9.13 Å². The third-order valence-electron chi connectivity index (χ3n) is 4.94. The Morgan fingerprint density at radius 3 is 2.74 bits per heavy atom. The molecule has 3 nitrogen and oxygen atoms in total. The zero-order valence-electron chi connectivity index (χ0n) is 11.2. The number of halogens is 1. The van der Waals surface area contributed by atoms with Crippen molar-refractivity contribution in [2.45, 2.75) is 31.7 Å². The van der Waals surface area contributed by atoms with Crippen LogP contribution in [0.1, 0.15) is 37.3 Å². The summed E-state index contributed by atoms with van der Waals surface area (Å²) in [4.78, 5) is 0. The maximum Gasteiger partial charge on any atom is 0.165 e. The number of fused-ring (bicyclic) bond motifs is 2. The summed E-state index contributed by atoms with van der Waals surface area (Å²) in [7, 11) is 1.48. The fourth-order valence-corrected chi connectivity index (χ4v) is 4.05. The number of methoxy groups -OCH3 is 1. The van der Waals surface area contributed by atoms with Gasteiger partial charge in [0, 0.05) is 6.04 Å². The molecule has 0 aliphatic heterocycles. The summed E-state index contributed by atoms with van der Waals surface area (Å²) in [5.41, 5.74) is 3.83. The van der Waals surface area contributed by atoms with Crippen molar-refractivity contribution in [1.82, 2.24) is 5.43 Å². The van der Waals surface area contributed by atoms with E-state index < -0.39 is 0 Å². The zero-order valence-corrected chi connectivity index (χ0v) is 11.2. The van der Waals surface area contributed by atoms with E-state index in [-0.39, 0.29) is 17.6 Å². The average molecular weight is 264 g/mol. The van der Waals surface area contributed by atoms with E-state index in [9.17, 15) is 4.39 Å². The van der Waals surface area contributed by atoms with Gasteiger partial charge in [0.2, 0.25) is 0 Å². The molecule has 3 N–H and O–H groups in total. The molecule has 0 heterocycles. The van der Waals surface area contributed by atoms with Crippen LogP contribution in [0.15, 0.2) is 18.2 Å². The van der Waals surface area contributed by atoms with Crippen LogP contribution in [0.25, 0.3) is 0 Å². The van der Waals surface area contributed by atoms with Gasteiger partial charge in [-0.25, -0.2) is 4.39 Å². The molecule has 0 spiro atoms. The SMILES string of the molecule is COc1ccc(C(NN)C2CC3CCC2C3)cc1F. The number of hydrogen-bond donors (Lipinski definition) is 2. The molecule has 4 atom stereocenters. The molecule has 1 aromatic rings. The van der Waals surface area contributed by atoms with Crippen molar-refractivity contribution >= 4 is 0 Å². The molecule has 4 heteroatoms. The van der Waals surface area contributed by atoms with Gasteiger partial charge in [-0.3, -0.25) is 11.3 Å². The molecule has 2 fully saturated rings. The Balaban J connectivity index is 1.84. The van der Waals surface area contributed by atoms with Gasteiger partial charge in [0.15, 0.2) is 11.6 Å². The topological polar surface area (TPSA) is 47.3 Å². The highest BCUT2D eigenvalue weighted by molar-refractivity contribution is 5.31. The third kappa shape index (κ3) is 2.23. The Morgan fingerprint density at radius 1 is 1.37 bits per heavy atom. The summed E-state index contributed by atoms with van der Waals surface area (Å²) in [6, 6.07) is 5.20. The predicted molar refractivity (Wildman–Crippen MR) is 72.0 cm³/mol. The fourth-order valence-electron chi connectivity index (χ4n) is 4.05. The van der Waals surface area contributed by atoms with Crippen molar-refractivity contribution in [2.75, 3.05) is 7.11 Å². The minimum absolute atomic E-state index is 0.0516. The highest BCUT2D eigenvalue weighted by Crippen LogP contribution is 2.52. The Hall–Kier alpha value is -1.13. The molecule has 2 aliphatic carbocycles. The van der Waals surface area contributed by atoms with E-state index in [1.807, 2.05) is 6.07 Å². The van der Waals surface area contributed by atoms with Crippen LogP contribution in [0.5, 0.6) is 5.75 Å². The van der Waals surface area contributed by atoms with Crippen molar-refractivity contribution in [3.63, 3.8) is 0 Å². The molecule has 2 bridgehead atoms. The molecule has 104 valence electrons. The summed E-state index contributed by atoms with van der Waals surface area (Å²) in [6.45, 7) is 0. The third-order valence-corrected chi connectivity index (χ3v) is 4.94. The normalized spacial score (nSPS) is 30.6. The molecule has 2 saturated carbocycles. The predicted octanol–water partition coefficient (Wildman–Crippen LogP) is 2.77. The number of nitrogens with one attached hydrogen (secondary N) is 1. The lowest BCUT2D eigenvalue weighted by atomic mass is 9.81. The number of nitrogens with two attached hydrogens (primary N) is 1. The van der Waals surface area contributed by atoms with Gasteiger partial charge in [0.1, 0.15) is 0 Å². The van der Waals surface area contributed by atoms with E-state index in [0.717, 1.165) is 17.4 Å². The smallest absolute Gasteiger partial charge is 0.165 e. The molecule has 2 aliphatic rings. The van der Waals surface area contributed by atoms with Gasteiger partial charge in [0.05, 0.1) is 7.11 Å². The molecule has 3 rings (SSSR count). The molecule has 0 radical (unpaired) electrons. The van der Waals surface area contributed by atoms with Crippen LogP contribution in [-0.4, -0.2) is 7.11 Å². The Labute approximate surface area is 113 Å². The first-order valence-electron chi connectivity index (χ1n) is 7.02. The van der Waals surface area contributed by atoms with E-state index in [0.29, 0.717) is 5.92 Å². The number of ether oxygens (including phenoxy) is 1. The van der Waals surface area contributed by atoms with E-state index in [1.54, 1.807) is 12.1 Å². The second-order valence-electron chi connectivity index (χ2n) is 5.88. The summed E-state index contributed by atoms with van der Waals surface area (Å²) >= 11 is 0. The minimum atomic E-state index is -0.316. The first kappa shape index (κ1) is 12.9.